The van der Waals surface area contributed by atoms with E-state index in [0.717, 1.165) is 15.8 Å². The molecule has 28 heavy (non-hydrogen) atoms. The first-order chi connectivity index (χ1) is 13.3. The third-order valence-electron chi connectivity index (χ3n) is 4.26. The summed E-state index contributed by atoms with van der Waals surface area (Å²) in [5.74, 6) is 2.81. The monoisotopic (exact) mass is 446 g/mol. The molecule has 0 spiro atoms. The van der Waals surface area contributed by atoms with Gasteiger partial charge in [0.25, 0.3) is 5.89 Å². The van der Waals surface area contributed by atoms with Gasteiger partial charge < -0.3 is 18.7 Å². The van der Waals surface area contributed by atoms with Crippen LogP contribution in [0.4, 0.5) is 0 Å². The molecule has 0 aliphatic heterocycles. The van der Waals surface area contributed by atoms with Crippen LogP contribution in [-0.4, -0.2) is 24.4 Å². The summed E-state index contributed by atoms with van der Waals surface area (Å²) in [6.45, 7) is 6.68. The Labute approximate surface area is 172 Å². The van der Waals surface area contributed by atoms with E-state index in [1.54, 1.807) is 26.4 Å². The van der Waals surface area contributed by atoms with Gasteiger partial charge in [-0.25, -0.2) is 0 Å². The second-order valence-corrected chi connectivity index (χ2v) is 8.12. The van der Waals surface area contributed by atoms with E-state index in [2.05, 4.69) is 59.0 Å². The van der Waals surface area contributed by atoms with Gasteiger partial charge >= 0.3 is 0 Å². The molecule has 1 aromatic heterocycles. The maximum absolute atomic E-state index is 5.83. The lowest BCUT2D eigenvalue weighted by Gasteiger charge is -2.20. The molecule has 0 atom stereocenters. The highest BCUT2D eigenvalue weighted by Crippen LogP contribution is 2.33. The van der Waals surface area contributed by atoms with E-state index < -0.39 is 0 Å². The summed E-state index contributed by atoms with van der Waals surface area (Å²) >= 11 is 3.57. The van der Waals surface area contributed by atoms with Gasteiger partial charge in [0.2, 0.25) is 5.82 Å². The topological polar surface area (TPSA) is 66.6 Å². The van der Waals surface area contributed by atoms with Crippen LogP contribution in [0.25, 0.3) is 11.4 Å². The summed E-state index contributed by atoms with van der Waals surface area (Å²) in [4.78, 5) is 4.40. The molecule has 3 rings (SSSR count). The van der Waals surface area contributed by atoms with Crippen LogP contribution in [0.2, 0.25) is 0 Å². The maximum atomic E-state index is 5.83. The molecule has 0 saturated carbocycles. The summed E-state index contributed by atoms with van der Waals surface area (Å²) < 4.78 is 22.6. The molecule has 1 heterocycles. The zero-order chi connectivity index (χ0) is 20.3. The van der Waals surface area contributed by atoms with E-state index >= 15 is 0 Å². The van der Waals surface area contributed by atoms with Crippen molar-refractivity contribution in [3.05, 3.63) is 52.3 Å². The highest BCUT2D eigenvalue weighted by Gasteiger charge is 2.16. The smallest absolute Gasteiger partial charge is 0.264 e. The van der Waals surface area contributed by atoms with Gasteiger partial charge in [-0.3, -0.25) is 0 Å². The number of hydrogen-bond donors (Lipinski definition) is 0. The molecular weight excluding hydrogens is 424 g/mol. The molecule has 148 valence electrons. The van der Waals surface area contributed by atoms with Gasteiger partial charge in [0, 0.05) is 5.56 Å². The van der Waals surface area contributed by atoms with Gasteiger partial charge in [-0.15, -0.1) is 0 Å². The fourth-order valence-electron chi connectivity index (χ4n) is 2.63. The number of aromatic nitrogens is 2. The number of ether oxygens (including phenoxy) is 3. The standard InChI is InChI=1S/C21H23BrN2O4/c1-21(2,3)14-7-9-16(15(22)11-14)27-12-19-23-20(24-28-19)13-6-8-17(25-4)18(10-13)26-5/h6-11H,12H2,1-5H3. The van der Waals surface area contributed by atoms with Crippen molar-refractivity contribution in [1.29, 1.82) is 0 Å². The minimum Gasteiger partial charge on any atom is -0.493 e. The lowest BCUT2D eigenvalue weighted by atomic mass is 9.87. The first-order valence-electron chi connectivity index (χ1n) is 8.79. The van der Waals surface area contributed by atoms with E-state index in [1.807, 2.05) is 12.1 Å². The van der Waals surface area contributed by atoms with Gasteiger partial charge in [-0.1, -0.05) is 32.0 Å². The van der Waals surface area contributed by atoms with Crippen molar-refractivity contribution < 1.29 is 18.7 Å². The van der Waals surface area contributed by atoms with Gasteiger partial charge in [0.1, 0.15) is 5.75 Å². The molecular formula is C21H23BrN2O4. The fourth-order valence-corrected chi connectivity index (χ4v) is 3.12. The Balaban J connectivity index is 1.72. The van der Waals surface area contributed by atoms with Crippen LogP contribution in [0.3, 0.4) is 0 Å². The highest BCUT2D eigenvalue weighted by atomic mass is 79.9. The number of benzene rings is 2. The number of nitrogens with zero attached hydrogens (tertiary/aromatic N) is 2. The van der Waals surface area contributed by atoms with Crippen molar-refractivity contribution in [2.75, 3.05) is 14.2 Å². The normalized spacial score (nSPS) is 11.4. The van der Waals surface area contributed by atoms with E-state index in [-0.39, 0.29) is 12.0 Å². The Hall–Kier alpha value is -2.54. The molecule has 0 aliphatic rings. The molecule has 0 radical (unpaired) electrons. The average molecular weight is 447 g/mol. The molecule has 0 amide bonds. The van der Waals surface area contributed by atoms with Gasteiger partial charge in [-0.05, 0) is 57.2 Å². The van der Waals surface area contributed by atoms with Gasteiger partial charge in [0.15, 0.2) is 18.1 Å². The van der Waals surface area contributed by atoms with Crippen molar-refractivity contribution in [3.8, 4) is 28.6 Å². The summed E-state index contributed by atoms with van der Waals surface area (Å²) in [6.07, 6.45) is 0. The minimum absolute atomic E-state index is 0.0713. The third-order valence-corrected chi connectivity index (χ3v) is 4.88. The van der Waals surface area contributed by atoms with Crippen molar-refractivity contribution in [2.24, 2.45) is 0 Å². The molecule has 0 unspecified atom stereocenters. The zero-order valence-electron chi connectivity index (χ0n) is 16.6. The molecule has 2 aromatic carbocycles. The van der Waals surface area contributed by atoms with Crippen LogP contribution in [0, 0.1) is 0 Å². The molecule has 6 nitrogen and oxygen atoms in total. The average Bonchev–Trinajstić information content (AvgIpc) is 3.14. The van der Waals surface area contributed by atoms with Gasteiger partial charge in [-0.2, -0.15) is 4.98 Å². The molecule has 0 bridgehead atoms. The largest absolute Gasteiger partial charge is 0.493 e. The van der Waals surface area contributed by atoms with Crippen molar-refractivity contribution >= 4 is 15.9 Å². The molecule has 7 heteroatoms. The molecule has 3 aromatic rings. The SMILES string of the molecule is COc1ccc(-c2noc(COc3ccc(C(C)(C)C)cc3Br)n2)cc1OC. The fraction of sp³-hybridized carbons (Fsp3) is 0.333. The second kappa shape index (κ2) is 8.22. The number of methoxy groups -OCH3 is 2. The van der Waals surface area contributed by atoms with Gasteiger partial charge in [0.05, 0.1) is 18.7 Å². The quantitative estimate of drug-likeness (QED) is 0.505. The summed E-state index contributed by atoms with van der Waals surface area (Å²) in [6, 6.07) is 11.5. The van der Waals surface area contributed by atoms with Crippen LogP contribution in [0.15, 0.2) is 45.4 Å². The van der Waals surface area contributed by atoms with E-state index in [1.165, 1.54) is 5.56 Å². The minimum atomic E-state index is 0.0713. The number of rotatable bonds is 6. The van der Waals surface area contributed by atoms with Crippen LogP contribution in [0.1, 0.15) is 32.2 Å². The molecule has 0 fully saturated rings. The van der Waals surface area contributed by atoms with Crippen LogP contribution >= 0.6 is 15.9 Å². The van der Waals surface area contributed by atoms with Crippen LogP contribution in [0.5, 0.6) is 17.2 Å². The summed E-state index contributed by atoms with van der Waals surface area (Å²) in [5.41, 5.74) is 2.06. The van der Waals surface area contributed by atoms with Crippen molar-refractivity contribution in [3.63, 3.8) is 0 Å². The Morgan fingerprint density at radius 3 is 2.32 bits per heavy atom. The summed E-state index contributed by atoms with van der Waals surface area (Å²) in [7, 11) is 3.17. The maximum Gasteiger partial charge on any atom is 0.264 e. The third kappa shape index (κ3) is 4.47. The number of hydrogen-bond acceptors (Lipinski definition) is 6. The Morgan fingerprint density at radius 1 is 0.964 bits per heavy atom. The lowest BCUT2D eigenvalue weighted by Crippen LogP contribution is -2.11. The molecule has 0 N–H and O–H groups in total. The highest BCUT2D eigenvalue weighted by molar-refractivity contribution is 9.10. The van der Waals surface area contributed by atoms with E-state index in [0.29, 0.717) is 23.2 Å². The Morgan fingerprint density at radius 2 is 1.68 bits per heavy atom. The first kappa shape index (κ1) is 20.2. The second-order valence-electron chi connectivity index (χ2n) is 7.27. The first-order valence-corrected chi connectivity index (χ1v) is 9.59. The number of halogens is 1. The van der Waals surface area contributed by atoms with E-state index in [4.69, 9.17) is 18.7 Å². The van der Waals surface area contributed by atoms with Crippen LogP contribution < -0.4 is 14.2 Å². The lowest BCUT2D eigenvalue weighted by molar-refractivity contribution is 0.241. The molecule has 0 saturated heterocycles. The predicted molar refractivity (Wildman–Crippen MR) is 110 cm³/mol. The predicted octanol–water partition coefficient (Wildman–Crippen LogP) is 5.39. The van der Waals surface area contributed by atoms with Crippen molar-refractivity contribution in [2.45, 2.75) is 32.8 Å². The Bertz CT molecular complexity index is 963. The van der Waals surface area contributed by atoms with Crippen molar-refractivity contribution in [1.82, 2.24) is 10.1 Å². The Kier molecular flexibility index (Phi) is 5.93. The summed E-state index contributed by atoms with van der Waals surface area (Å²) in [5, 5.41) is 4.02. The molecule has 0 aliphatic carbocycles. The van der Waals surface area contributed by atoms with Crippen LogP contribution in [-0.2, 0) is 12.0 Å². The van der Waals surface area contributed by atoms with E-state index in [9.17, 15) is 0 Å². The zero-order valence-corrected chi connectivity index (χ0v) is 18.2.